The molecule has 2 N–H and O–H groups in total. The zero-order chi connectivity index (χ0) is 20.5. The van der Waals surface area contributed by atoms with Crippen molar-refractivity contribution in [3.8, 4) is 0 Å². The van der Waals surface area contributed by atoms with E-state index in [9.17, 15) is 18.0 Å². The minimum absolute atomic E-state index is 0.0867. The largest absolute Gasteiger partial charge is 0.452 e. The number of benzene rings is 1. The summed E-state index contributed by atoms with van der Waals surface area (Å²) in [6, 6.07) is 2.06. The van der Waals surface area contributed by atoms with E-state index in [0.717, 1.165) is 30.7 Å². The maximum Gasteiger partial charge on any atom is 0.340 e. The van der Waals surface area contributed by atoms with Gasteiger partial charge < -0.3 is 4.74 Å². The lowest BCUT2D eigenvalue weighted by Crippen LogP contribution is -2.26. The zero-order valence-electron chi connectivity index (χ0n) is 14.5. The minimum atomic E-state index is -3.90. The van der Waals surface area contributed by atoms with E-state index in [-0.39, 0.29) is 26.5 Å². The number of rotatable bonds is 7. The van der Waals surface area contributed by atoms with E-state index in [4.69, 9.17) is 27.9 Å². The van der Waals surface area contributed by atoms with Gasteiger partial charge in [0.2, 0.25) is 10.0 Å². The van der Waals surface area contributed by atoms with Crippen LogP contribution >= 0.6 is 34.5 Å². The van der Waals surface area contributed by atoms with Crippen LogP contribution < -0.4 is 10.0 Å². The third kappa shape index (κ3) is 5.21. The Labute approximate surface area is 175 Å². The van der Waals surface area contributed by atoms with Gasteiger partial charge in [0.15, 0.2) is 11.7 Å². The number of nitrogens with zero attached hydrogens (tertiary/aromatic N) is 1. The van der Waals surface area contributed by atoms with Crippen molar-refractivity contribution in [2.24, 2.45) is 0 Å². The van der Waals surface area contributed by atoms with E-state index in [1.807, 2.05) is 0 Å². The van der Waals surface area contributed by atoms with Crippen LogP contribution in [0.2, 0.25) is 10.0 Å². The fourth-order valence-corrected chi connectivity index (χ4v) is 5.01. The van der Waals surface area contributed by atoms with Crippen LogP contribution in [-0.2, 0) is 19.6 Å². The molecule has 0 atom stereocenters. The second kappa shape index (κ2) is 8.34. The molecule has 1 heterocycles. The highest BCUT2D eigenvalue weighted by Gasteiger charge is 2.30. The van der Waals surface area contributed by atoms with Crippen molar-refractivity contribution in [2.75, 3.05) is 11.9 Å². The van der Waals surface area contributed by atoms with Crippen molar-refractivity contribution in [1.29, 1.82) is 0 Å². The van der Waals surface area contributed by atoms with Crippen molar-refractivity contribution in [3.05, 3.63) is 38.8 Å². The minimum Gasteiger partial charge on any atom is -0.452 e. The van der Waals surface area contributed by atoms with Gasteiger partial charge in [-0.1, -0.05) is 23.2 Å². The van der Waals surface area contributed by atoms with Crippen LogP contribution in [-0.4, -0.2) is 37.9 Å². The number of carbonyl (C=O) groups excluding carboxylic acids is 2. The molecule has 0 aliphatic heterocycles. The Morgan fingerprint density at radius 2 is 2.00 bits per heavy atom. The summed E-state index contributed by atoms with van der Waals surface area (Å²) in [6.45, 7) is 1.19. The molecule has 1 fully saturated rings. The molecule has 1 aromatic heterocycles. The third-order valence-electron chi connectivity index (χ3n) is 3.63. The molecule has 0 bridgehead atoms. The Hall–Kier alpha value is -1.72. The Bertz CT molecular complexity index is 1030. The quantitative estimate of drug-likeness (QED) is 0.609. The normalized spacial score (nSPS) is 14.0. The number of hydrogen-bond donors (Lipinski definition) is 2. The van der Waals surface area contributed by atoms with Crippen LogP contribution in [0.5, 0.6) is 0 Å². The first-order valence-corrected chi connectivity index (χ1v) is 11.2. The van der Waals surface area contributed by atoms with E-state index in [1.54, 1.807) is 12.3 Å². The van der Waals surface area contributed by atoms with Crippen molar-refractivity contribution in [1.82, 2.24) is 9.71 Å². The predicted molar refractivity (Wildman–Crippen MR) is 106 cm³/mol. The van der Waals surface area contributed by atoms with Gasteiger partial charge in [0.25, 0.3) is 5.91 Å². The summed E-state index contributed by atoms with van der Waals surface area (Å²) in [6.07, 6.45) is 1.49. The number of nitrogens with one attached hydrogen (secondary N) is 2. The van der Waals surface area contributed by atoms with Crippen molar-refractivity contribution in [2.45, 2.75) is 30.7 Å². The van der Waals surface area contributed by atoms with Crippen LogP contribution in [0.15, 0.2) is 22.4 Å². The molecule has 2 aromatic rings. The number of thiazole rings is 1. The first-order valence-electron chi connectivity index (χ1n) is 8.06. The highest BCUT2D eigenvalue weighted by Crippen LogP contribution is 2.31. The summed E-state index contributed by atoms with van der Waals surface area (Å²) >= 11 is 13.2. The van der Waals surface area contributed by atoms with E-state index < -0.39 is 28.5 Å². The smallest absolute Gasteiger partial charge is 0.340 e. The van der Waals surface area contributed by atoms with Gasteiger partial charge in [-0.05, 0) is 31.9 Å². The van der Waals surface area contributed by atoms with E-state index in [0.29, 0.717) is 5.13 Å². The molecular formula is C16H15Cl2N3O5S2. The lowest BCUT2D eigenvalue weighted by atomic mass is 10.2. The molecule has 0 unspecified atom stereocenters. The number of hydrogen-bond acceptors (Lipinski definition) is 7. The Kier molecular flexibility index (Phi) is 6.25. The molecule has 1 aliphatic rings. The number of amides is 1. The predicted octanol–water partition coefficient (Wildman–Crippen LogP) is 2.99. The highest BCUT2D eigenvalue weighted by molar-refractivity contribution is 7.89. The third-order valence-corrected chi connectivity index (χ3v) is 6.80. The van der Waals surface area contributed by atoms with Gasteiger partial charge in [0, 0.05) is 11.4 Å². The first-order chi connectivity index (χ1) is 13.2. The molecule has 1 aliphatic carbocycles. The zero-order valence-corrected chi connectivity index (χ0v) is 17.6. The number of esters is 1. The number of anilines is 1. The van der Waals surface area contributed by atoms with Crippen molar-refractivity contribution >= 4 is 61.6 Å². The van der Waals surface area contributed by atoms with Gasteiger partial charge in [0.05, 0.1) is 21.3 Å². The summed E-state index contributed by atoms with van der Waals surface area (Å²) in [5, 5.41) is 4.42. The van der Waals surface area contributed by atoms with Crippen molar-refractivity contribution < 1.29 is 22.7 Å². The van der Waals surface area contributed by atoms with Crippen LogP contribution in [0, 0.1) is 6.92 Å². The summed E-state index contributed by atoms with van der Waals surface area (Å²) in [5.41, 5.74) is 0.541. The molecule has 0 spiro atoms. The molecule has 0 radical (unpaired) electrons. The Balaban J connectivity index is 1.70. The SMILES string of the molecule is Cc1csc(NC(=O)COC(=O)c2cc(S(=O)(=O)NC3CC3)c(Cl)cc2Cl)n1. The lowest BCUT2D eigenvalue weighted by Gasteiger charge is -2.11. The molecule has 1 amide bonds. The molecule has 1 saturated carbocycles. The van der Waals surface area contributed by atoms with Gasteiger partial charge in [-0.25, -0.2) is 22.9 Å². The molecular weight excluding hydrogens is 449 g/mol. The lowest BCUT2D eigenvalue weighted by molar-refractivity contribution is -0.119. The van der Waals surface area contributed by atoms with Crippen molar-refractivity contribution in [3.63, 3.8) is 0 Å². The molecule has 1 aromatic carbocycles. The molecule has 8 nitrogen and oxygen atoms in total. The molecule has 3 rings (SSSR count). The van der Waals surface area contributed by atoms with E-state index in [2.05, 4.69) is 15.0 Å². The fraction of sp³-hybridized carbons (Fsp3) is 0.312. The maximum absolute atomic E-state index is 12.4. The average Bonchev–Trinajstić information content (AvgIpc) is 3.31. The summed E-state index contributed by atoms with van der Waals surface area (Å²) in [5.74, 6) is -1.54. The maximum atomic E-state index is 12.4. The molecule has 28 heavy (non-hydrogen) atoms. The first kappa shape index (κ1) is 21.0. The topological polar surface area (TPSA) is 114 Å². The number of sulfonamides is 1. The molecule has 12 heteroatoms. The average molecular weight is 464 g/mol. The van der Waals surface area contributed by atoms with Gasteiger partial charge in [-0.15, -0.1) is 11.3 Å². The van der Waals surface area contributed by atoms with Gasteiger partial charge in [-0.3, -0.25) is 10.1 Å². The van der Waals surface area contributed by atoms with Crippen LogP contribution in [0.25, 0.3) is 0 Å². The number of halogens is 2. The number of ether oxygens (including phenoxy) is 1. The number of aryl methyl sites for hydroxylation is 1. The molecule has 150 valence electrons. The standard InChI is InChI=1S/C16H15Cl2N3O5S2/c1-8-7-27-16(19-8)20-14(22)6-26-15(23)10-4-13(12(18)5-11(10)17)28(24,25)21-9-2-3-9/h4-5,7,9,21H,2-3,6H2,1H3,(H,19,20,22). The number of carbonyl (C=O) groups is 2. The van der Waals surface area contributed by atoms with Crippen LogP contribution in [0.4, 0.5) is 5.13 Å². The number of aromatic nitrogens is 1. The Morgan fingerprint density at radius 1 is 1.29 bits per heavy atom. The van der Waals surface area contributed by atoms with E-state index >= 15 is 0 Å². The second-order valence-corrected chi connectivity index (χ2v) is 9.43. The second-order valence-electron chi connectivity index (χ2n) is 6.08. The van der Waals surface area contributed by atoms with Gasteiger partial charge >= 0.3 is 5.97 Å². The molecule has 0 saturated heterocycles. The monoisotopic (exact) mass is 463 g/mol. The van der Waals surface area contributed by atoms with Gasteiger partial charge in [-0.2, -0.15) is 0 Å². The summed E-state index contributed by atoms with van der Waals surface area (Å²) < 4.78 is 32.2. The highest BCUT2D eigenvalue weighted by atomic mass is 35.5. The Morgan fingerprint density at radius 3 is 2.61 bits per heavy atom. The van der Waals surface area contributed by atoms with Crippen LogP contribution in [0.3, 0.4) is 0 Å². The fourth-order valence-electron chi connectivity index (χ4n) is 2.15. The summed E-state index contributed by atoms with van der Waals surface area (Å²) in [7, 11) is -3.90. The van der Waals surface area contributed by atoms with Gasteiger partial charge in [0.1, 0.15) is 4.90 Å². The van der Waals surface area contributed by atoms with E-state index in [1.165, 1.54) is 11.3 Å². The summed E-state index contributed by atoms with van der Waals surface area (Å²) in [4.78, 5) is 27.9. The van der Waals surface area contributed by atoms with Crippen LogP contribution in [0.1, 0.15) is 28.9 Å².